The van der Waals surface area contributed by atoms with Crippen molar-refractivity contribution in [3.05, 3.63) is 0 Å². The third-order valence-electron chi connectivity index (χ3n) is 3.07. The lowest BCUT2D eigenvalue weighted by Gasteiger charge is -2.24. The average molecular weight is 286 g/mol. The van der Waals surface area contributed by atoms with Gasteiger partial charge in [0.05, 0.1) is 10.5 Å². The molecule has 0 bridgehead atoms. The van der Waals surface area contributed by atoms with Crippen LogP contribution in [0, 0.1) is 11.8 Å². The van der Waals surface area contributed by atoms with Gasteiger partial charge in [0.25, 0.3) is 0 Å². The summed E-state index contributed by atoms with van der Waals surface area (Å²) in [5.41, 5.74) is 0. The highest BCUT2D eigenvalue weighted by Crippen LogP contribution is 2.30. The van der Waals surface area contributed by atoms with Crippen LogP contribution in [0.25, 0.3) is 0 Å². The van der Waals surface area contributed by atoms with E-state index in [9.17, 15) is 9.59 Å². The topological polar surface area (TPSA) is 34.1 Å². The van der Waals surface area contributed by atoms with Gasteiger partial charge in [-0.1, -0.05) is 41.5 Å². The summed E-state index contributed by atoms with van der Waals surface area (Å²) in [6, 6.07) is 0. The summed E-state index contributed by atoms with van der Waals surface area (Å²) >= 11 is 1.60. The Hall–Kier alpha value is -0.310. The molecule has 112 valence electrons. The SMILES string of the molecule is CCCC(=O)C(CC)SC(C(=O)CC(C)C)C(C)C. The largest absolute Gasteiger partial charge is 0.298 e. The van der Waals surface area contributed by atoms with Crippen LogP contribution >= 0.6 is 11.8 Å². The summed E-state index contributed by atoms with van der Waals surface area (Å²) in [4.78, 5) is 24.3. The number of hydrogen-bond acceptors (Lipinski definition) is 3. The first kappa shape index (κ1) is 18.7. The predicted octanol–water partition coefficient (Wildman–Crippen LogP) is 4.51. The van der Waals surface area contributed by atoms with Crippen molar-refractivity contribution in [2.75, 3.05) is 0 Å². The summed E-state index contributed by atoms with van der Waals surface area (Å²) in [6.45, 7) is 12.4. The molecule has 3 heteroatoms. The number of carbonyl (C=O) groups is 2. The molecule has 0 aromatic rings. The van der Waals surface area contributed by atoms with Crippen molar-refractivity contribution in [3.63, 3.8) is 0 Å². The van der Waals surface area contributed by atoms with Crippen LogP contribution in [0.1, 0.15) is 67.2 Å². The molecule has 0 aliphatic rings. The molecule has 0 radical (unpaired) electrons. The molecule has 0 saturated heterocycles. The van der Waals surface area contributed by atoms with Gasteiger partial charge in [-0.05, 0) is 24.7 Å². The first-order valence-electron chi connectivity index (χ1n) is 7.54. The molecule has 0 amide bonds. The highest BCUT2D eigenvalue weighted by Gasteiger charge is 2.28. The number of hydrogen-bond donors (Lipinski definition) is 0. The highest BCUT2D eigenvalue weighted by atomic mass is 32.2. The smallest absolute Gasteiger partial charge is 0.146 e. The minimum absolute atomic E-state index is 0.0107. The molecule has 0 saturated carbocycles. The Bertz CT molecular complexity index is 284. The maximum absolute atomic E-state index is 12.3. The van der Waals surface area contributed by atoms with Crippen LogP contribution in [0.15, 0.2) is 0 Å². The normalized spacial score (nSPS) is 14.7. The van der Waals surface area contributed by atoms with Gasteiger partial charge in [-0.15, -0.1) is 11.8 Å². The van der Waals surface area contributed by atoms with E-state index in [1.54, 1.807) is 11.8 Å². The lowest BCUT2D eigenvalue weighted by Crippen LogP contribution is -2.29. The van der Waals surface area contributed by atoms with E-state index in [4.69, 9.17) is 0 Å². The molecular weight excluding hydrogens is 256 g/mol. The molecule has 2 unspecified atom stereocenters. The molecule has 0 heterocycles. The number of Topliss-reactive ketones (excluding diaryl/α,β-unsaturated/α-hetero) is 2. The fraction of sp³-hybridized carbons (Fsp3) is 0.875. The molecule has 2 nitrogen and oxygen atoms in total. The third kappa shape index (κ3) is 7.14. The van der Waals surface area contributed by atoms with E-state index in [-0.39, 0.29) is 10.5 Å². The fourth-order valence-corrected chi connectivity index (χ4v) is 3.49. The number of rotatable bonds is 10. The lowest BCUT2D eigenvalue weighted by atomic mass is 9.99. The van der Waals surface area contributed by atoms with Crippen molar-refractivity contribution >= 4 is 23.3 Å². The molecule has 0 aliphatic carbocycles. The van der Waals surface area contributed by atoms with Crippen LogP contribution in [-0.2, 0) is 9.59 Å². The molecule has 2 atom stereocenters. The Labute approximate surface area is 123 Å². The van der Waals surface area contributed by atoms with Gasteiger partial charge in [0.2, 0.25) is 0 Å². The maximum Gasteiger partial charge on any atom is 0.146 e. The highest BCUT2D eigenvalue weighted by molar-refractivity contribution is 8.01. The van der Waals surface area contributed by atoms with E-state index < -0.39 is 0 Å². The molecule has 0 spiro atoms. The van der Waals surface area contributed by atoms with Gasteiger partial charge >= 0.3 is 0 Å². The second-order valence-electron chi connectivity index (χ2n) is 5.98. The van der Waals surface area contributed by atoms with E-state index in [0.29, 0.717) is 36.2 Å². The minimum Gasteiger partial charge on any atom is -0.298 e. The molecule has 0 aromatic carbocycles. The van der Waals surface area contributed by atoms with Crippen molar-refractivity contribution in [2.24, 2.45) is 11.8 Å². The van der Waals surface area contributed by atoms with Gasteiger partial charge < -0.3 is 0 Å². The van der Waals surface area contributed by atoms with Gasteiger partial charge in [-0.3, -0.25) is 9.59 Å². The van der Waals surface area contributed by atoms with Crippen molar-refractivity contribution < 1.29 is 9.59 Å². The first-order valence-corrected chi connectivity index (χ1v) is 8.48. The predicted molar refractivity (Wildman–Crippen MR) is 84.7 cm³/mol. The number of carbonyl (C=O) groups excluding carboxylic acids is 2. The second kappa shape index (κ2) is 9.57. The Balaban J connectivity index is 4.71. The molecule has 0 N–H and O–H groups in total. The summed E-state index contributed by atoms with van der Waals surface area (Å²) in [7, 11) is 0. The van der Waals surface area contributed by atoms with E-state index in [0.717, 1.165) is 12.8 Å². The van der Waals surface area contributed by atoms with Crippen LogP contribution in [-0.4, -0.2) is 22.1 Å². The van der Waals surface area contributed by atoms with E-state index in [2.05, 4.69) is 27.7 Å². The van der Waals surface area contributed by atoms with Crippen LogP contribution in [0.4, 0.5) is 0 Å². The van der Waals surface area contributed by atoms with Crippen molar-refractivity contribution in [1.82, 2.24) is 0 Å². The second-order valence-corrected chi connectivity index (χ2v) is 7.33. The summed E-state index contributed by atoms with van der Waals surface area (Å²) in [5, 5.41) is -0.0448. The first-order chi connectivity index (χ1) is 8.83. The van der Waals surface area contributed by atoms with Crippen LogP contribution in [0.2, 0.25) is 0 Å². The zero-order chi connectivity index (χ0) is 15.0. The minimum atomic E-state index is -0.0341. The Morgan fingerprint density at radius 2 is 1.58 bits per heavy atom. The van der Waals surface area contributed by atoms with Crippen molar-refractivity contribution in [1.29, 1.82) is 0 Å². The molecule has 0 aromatic heterocycles. The molecule has 19 heavy (non-hydrogen) atoms. The maximum atomic E-state index is 12.3. The standard InChI is InChI=1S/C16H30O2S/c1-7-9-13(17)15(8-2)19-16(12(5)6)14(18)10-11(3)4/h11-12,15-16H,7-10H2,1-6H3. The van der Waals surface area contributed by atoms with Crippen LogP contribution in [0.3, 0.4) is 0 Å². The quantitative estimate of drug-likeness (QED) is 0.592. The zero-order valence-electron chi connectivity index (χ0n) is 13.4. The van der Waals surface area contributed by atoms with Gasteiger partial charge in [0.15, 0.2) is 0 Å². The van der Waals surface area contributed by atoms with E-state index in [1.807, 2.05) is 13.8 Å². The number of thioether (sulfide) groups is 1. The molecule has 0 fully saturated rings. The van der Waals surface area contributed by atoms with Gasteiger partial charge in [-0.2, -0.15) is 0 Å². The van der Waals surface area contributed by atoms with E-state index >= 15 is 0 Å². The molecule has 0 rings (SSSR count). The zero-order valence-corrected chi connectivity index (χ0v) is 14.2. The summed E-state index contributed by atoms with van der Waals surface area (Å²) in [6.07, 6.45) is 2.97. The average Bonchev–Trinajstić information content (AvgIpc) is 2.28. The van der Waals surface area contributed by atoms with Crippen LogP contribution in [0.5, 0.6) is 0 Å². The van der Waals surface area contributed by atoms with Gasteiger partial charge in [-0.25, -0.2) is 0 Å². The summed E-state index contributed by atoms with van der Waals surface area (Å²) < 4.78 is 0. The van der Waals surface area contributed by atoms with Crippen molar-refractivity contribution in [3.8, 4) is 0 Å². The monoisotopic (exact) mass is 286 g/mol. The number of ketones is 2. The Morgan fingerprint density at radius 3 is 1.95 bits per heavy atom. The van der Waals surface area contributed by atoms with Crippen LogP contribution < -0.4 is 0 Å². The Morgan fingerprint density at radius 1 is 1.00 bits per heavy atom. The lowest BCUT2D eigenvalue weighted by molar-refractivity contribution is -0.119. The molecular formula is C16H30O2S. The Kier molecular flexibility index (Phi) is 9.42. The van der Waals surface area contributed by atoms with Gasteiger partial charge in [0, 0.05) is 12.8 Å². The van der Waals surface area contributed by atoms with Crippen molar-refractivity contribution in [2.45, 2.75) is 77.7 Å². The summed E-state index contributed by atoms with van der Waals surface area (Å²) in [5.74, 6) is 1.29. The fourth-order valence-electron chi connectivity index (χ4n) is 2.11. The molecule has 0 aliphatic heterocycles. The third-order valence-corrected chi connectivity index (χ3v) is 5.09. The van der Waals surface area contributed by atoms with E-state index in [1.165, 1.54) is 0 Å². The van der Waals surface area contributed by atoms with Gasteiger partial charge in [0.1, 0.15) is 11.6 Å².